The summed E-state index contributed by atoms with van der Waals surface area (Å²) >= 11 is 0. The maximum atomic E-state index is 13.1. The Labute approximate surface area is 85.9 Å². The molecule has 82 valence electrons. The van der Waals surface area contributed by atoms with Crippen molar-refractivity contribution in [3.63, 3.8) is 0 Å². The van der Waals surface area contributed by atoms with Crippen molar-refractivity contribution in [2.75, 3.05) is 0 Å². The minimum Gasteiger partial charge on any atom is -0.295 e. The Balaban J connectivity index is 3.37. The molecular formula is C11H11F3O. The standard InChI is InChI=1S/C11H11F3O/c1-3-7-4-10(12)9(11(13)14)5-8(7)6(2)15/h4-5,11H,3H2,1-2H3. The zero-order valence-corrected chi connectivity index (χ0v) is 8.48. The lowest BCUT2D eigenvalue weighted by atomic mass is 9.99. The van der Waals surface area contributed by atoms with Crippen molar-refractivity contribution in [1.29, 1.82) is 0 Å². The van der Waals surface area contributed by atoms with Crippen molar-refractivity contribution >= 4 is 5.78 Å². The zero-order chi connectivity index (χ0) is 11.6. The predicted octanol–water partition coefficient (Wildman–Crippen LogP) is 3.53. The van der Waals surface area contributed by atoms with Gasteiger partial charge in [-0.15, -0.1) is 0 Å². The summed E-state index contributed by atoms with van der Waals surface area (Å²) in [6.07, 6.45) is -2.45. The fourth-order valence-electron chi connectivity index (χ4n) is 1.42. The number of carbonyl (C=O) groups is 1. The molecule has 0 aliphatic rings. The summed E-state index contributed by atoms with van der Waals surface area (Å²) in [5, 5.41) is 0. The van der Waals surface area contributed by atoms with Crippen molar-refractivity contribution < 1.29 is 18.0 Å². The van der Waals surface area contributed by atoms with Gasteiger partial charge in [-0.2, -0.15) is 0 Å². The second-order valence-corrected chi connectivity index (χ2v) is 3.24. The number of carbonyl (C=O) groups excluding carboxylic acids is 1. The average Bonchev–Trinajstić information content (AvgIpc) is 2.16. The smallest absolute Gasteiger partial charge is 0.266 e. The molecule has 1 nitrogen and oxygen atoms in total. The van der Waals surface area contributed by atoms with E-state index in [2.05, 4.69) is 0 Å². The highest BCUT2D eigenvalue weighted by Crippen LogP contribution is 2.25. The summed E-state index contributed by atoms with van der Waals surface area (Å²) in [5.74, 6) is -1.28. The van der Waals surface area contributed by atoms with Gasteiger partial charge >= 0.3 is 0 Å². The number of hydrogen-bond acceptors (Lipinski definition) is 1. The predicted molar refractivity (Wildman–Crippen MR) is 50.7 cm³/mol. The van der Waals surface area contributed by atoms with Crippen LogP contribution in [0.4, 0.5) is 13.2 Å². The van der Waals surface area contributed by atoms with E-state index >= 15 is 0 Å². The Morgan fingerprint density at radius 1 is 1.40 bits per heavy atom. The van der Waals surface area contributed by atoms with Crippen molar-refractivity contribution in [3.8, 4) is 0 Å². The Bertz CT molecular complexity index is 386. The first-order chi connectivity index (χ1) is 6.97. The van der Waals surface area contributed by atoms with Gasteiger partial charge < -0.3 is 0 Å². The second kappa shape index (κ2) is 4.47. The van der Waals surface area contributed by atoms with E-state index in [1.165, 1.54) is 6.92 Å². The number of ketones is 1. The van der Waals surface area contributed by atoms with Gasteiger partial charge in [-0.05, 0) is 31.0 Å². The molecule has 1 rings (SSSR count). The number of aryl methyl sites for hydroxylation is 1. The monoisotopic (exact) mass is 216 g/mol. The molecule has 15 heavy (non-hydrogen) atoms. The highest BCUT2D eigenvalue weighted by molar-refractivity contribution is 5.95. The van der Waals surface area contributed by atoms with Crippen molar-refractivity contribution in [2.24, 2.45) is 0 Å². The lowest BCUT2D eigenvalue weighted by Gasteiger charge is -2.09. The quantitative estimate of drug-likeness (QED) is 0.706. The normalized spacial score (nSPS) is 10.8. The molecule has 0 heterocycles. The molecule has 1 aromatic carbocycles. The van der Waals surface area contributed by atoms with E-state index in [4.69, 9.17) is 0 Å². The Hall–Kier alpha value is -1.32. The molecule has 4 heteroatoms. The van der Waals surface area contributed by atoms with Crippen LogP contribution in [0.15, 0.2) is 12.1 Å². The summed E-state index contributed by atoms with van der Waals surface area (Å²) in [7, 11) is 0. The SMILES string of the molecule is CCc1cc(F)c(C(F)F)cc1C(C)=O. The molecule has 0 spiro atoms. The number of benzene rings is 1. The second-order valence-electron chi connectivity index (χ2n) is 3.24. The van der Waals surface area contributed by atoms with Crippen LogP contribution in [0.3, 0.4) is 0 Å². The summed E-state index contributed by atoms with van der Waals surface area (Å²) < 4.78 is 37.9. The Morgan fingerprint density at radius 2 is 2.00 bits per heavy atom. The molecule has 1 aromatic rings. The van der Waals surface area contributed by atoms with Gasteiger partial charge in [0.05, 0.1) is 5.56 Å². The topological polar surface area (TPSA) is 17.1 Å². The Morgan fingerprint density at radius 3 is 2.40 bits per heavy atom. The molecule has 0 N–H and O–H groups in total. The van der Waals surface area contributed by atoms with E-state index in [1.54, 1.807) is 6.92 Å². The van der Waals surface area contributed by atoms with Gasteiger partial charge in [-0.25, -0.2) is 13.2 Å². The molecule has 0 saturated heterocycles. The van der Waals surface area contributed by atoms with Gasteiger partial charge in [0.15, 0.2) is 5.78 Å². The van der Waals surface area contributed by atoms with E-state index in [0.717, 1.165) is 12.1 Å². The first-order valence-corrected chi connectivity index (χ1v) is 4.58. The van der Waals surface area contributed by atoms with E-state index in [-0.39, 0.29) is 11.3 Å². The van der Waals surface area contributed by atoms with Crippen LogP contribution in [-0.2, 0) is 6.42 Å². The molecule has 0 saturated carbocycles. The third kappa shape index (κ3) is 2.37. The Kier molecular flexibility index (Phi) is 3.50. The van der Waals surface area contributed by atoms with Gasteiger partial charge in [0, 0.05) is 5.56 Å². The molecule has 0 amide bonds. The first kappa shape index (κ1) is 11.8. The minimum atomic E-state index is -2.89. The van der Waals surface area contributed by atoms with Crippen LogP contribution in [0.1, 0.15) is 41.8 Å². The molecule has 0 aliphatic carbocycles. The van der Waals surface area contributed by atoms with Crippen LogP contribution in [0, 0.1) is 5.82 Å². The van der Waals surface area contributed by atoms with Crippen LogP contribution >= 0.6 is 0 Å². The van der Waals surface area contributed by atoms with Crippen LogP contribution in [0.2, 0.25) is 0 Å². The average molecular weight is 216 g/mol. The summed E-state index contributed by atoms with van der Waals surface area (Å²) in [4.78, 5) is 11.1. The fourth-order valence-corrected chi connectivity index (χ4v) is 1.42. The molecular weight excluding hydrogens is 205 g/mol. The maximum Gasteiger partial charge on any atom is 0.266 e. The highest BCUT2D eigenvalue weighted by atomic mass is 19.3. The van der Waals surface area contributed by atoms with Crippen LogP contribution in [0.5, 0.6) is 0 Å². The van der Waals surface area contributed by atoms with Crippen molar-refractivity contribution in [1.82, 2.24) is 0 Å². The maximum absolute atomic E-state index is 13.1. The molecule has 0 bridgehead atoms. The lowest BCUT2D eigenvalue weighted by Crippen LogP contribution is -2.03. The number of hydrogen-bond donors (Lipinski definition) is 0. The number of alkyl halides is 2. The molecule has 0 aliphatic heterocycles. The molecule has 0 unspecified atom stereocenters. The largest absolute Gasteiger partial charge is 0.295 e. The van der Waals surface area contributed by atoms with Crippen LogP contribution < -0.4 is 0 Å². The third-order valence-electron chi connectivity index (χ3n) is 2.22. The van der Waals surface area contributed by atoms with Crippen LogP contribution in [-0.4, -0.2) is 5.78 Å². The van der Waals surface area contributed by atoms with Gasteiger partial charge in [-0.1, -0.05) is 6.92 Å². The summed E-state index contributed by atoms with van der Waals surface area (Å²) in [5.41, 5.74) is -0.0731. The van der Waals surface area contributed by atoms with E-state index in [9.17, 15) is 18.0 Å². The summed E-state index contributed by atoms with van der Waals surface area (Å²) in [6.45, 7) is 3.02. The minimum absolute atomic E-state index is 0.175. The van der Waals surface area contributed by atoms with Crippen LogP contribution in [0.25, 0.3) is 0 Å². The molecule has 0 aromatic heterocycles. The van der Waals surface area contributed by atoms with Crippen molar-refractivity contribution in [2.45, 2.75) is 26.7 Å². The fraction of sp³-hybridized carbons (Fsp3) is 0.364. The van der Waals surface area contributed by atoms with E-state index < -0.39 is 17.8 Å². The summed E-state index contributed by atoms with van der Waals surface area (Å²) in [6, 6.07) is 1.96. The number of Topliss-reactive ketones (excluding diaryl/α,β-unsaturated/α-hetero) is 1. The lowest BCUT2D eigenvalue weighted by molar-refractivity contribution is 0.101. The number of rotatable bonds is 3. The first-order valence-electron chi connectivity index (χ1n) is 4.58. The van der Waals surface area contributed by atoms with Gasteiger partial charge in [0.1, 0.15) is 5.82 Å². The van der Waals surface area contributed by atoms with Crippen molar-refractivity contribution in [3.05, 3.63) is 34.6 Å². The van der Waals surface area contributed by atoms with Gasteiger partial charge in [0.2, 0.25) is 0 Å². The molecule has 0 atom stereocenters. The van der Waals surface area contributed by atoms with E-state index in [0.29, 0.717) is 12.0 Å². The van der Waals surface area contributed by atoms with Gasteiger partial charge in [0.25, 0.3) is 6.43 Å². The third-order valence-corrected chi connectivity index (χ3v) is 2.22. The molecule has 0 fully saturated rings. The zero-order valence-electron chi connectivity index (χ0n) is 8.48. The highest BCUT2D eigenvalue weighted by Gasteiger charge is 2.17. The van der Waals surface area contributed by atoms with Gasteiger partial charge in [-0.3, -0.25) is 4.79 Å². The van der Waals surface area contributed by atoms with E-state index in [1.807, 2.05) is 0 Å². The number of halogens is 3. The molecule has 0 radical (unpaired) electrons.